The molecule has 0 aliphatic rings. The predicted molar refractivity (Wildman–Crippen MR) is 53.8 cm³/mol. The molecule has 90 valence electrons. The zero-order chi connectivity index (χ0) is 12.2. The lowest BCUT2D eigenvalue weighted by molar-refractivity contribution is 0.0886. The molecule has 0 aliphatic heterocycles. The van der Waals surface area contributed by atoms with Crippen molar-refractivity contribution in [3.63, 3.8) is 0 Å². The van der Waals surface area contributed by atoms with Gasteiger partial charge in [0, 0.05) is 12.4 Å². The number of aliphatic hydroxyl groups is 1. The number of hydrogen-bond donors (Lipinski definition) is 3. The van der Waals surface area contributed by atoms with Crippen molar-refractivity contribution in [3.05, 3.63) is 29.9 Å². The van der Waals surface area contributed by atoms with Crippen molar-refractivity contribution in [1.82, 2.24) is 4.57 Å². The number of aliphatic hydroxyl groups excluding tert-OH is 1. The average molecular weight is 248 g/mol. The monoisotopic (exact) mass is 248 g/mol. The van der Waals surface area contributed by atoms with Crippen molar-refractivity contribution in [3.8, 4) is 0 Å². The molecule has 0 fully saturated rings. The maximum absolute atomic E-state index is 10.2. The van der Waals surface area contributed by atoms with Gasteiger partial charge in [-0.1, -0.05) is 0 Å². The van der Waals surface area contributed by atoms with E-state index >= 15 is 0 Å². The Morgan fingerprint density at radius 3 is 2.50 bits per heavy atom. The molecular formula is C8H12N2O5S. The minimum atomic E-state index is -4.52. The fourth-order valence-corrected chi connectivity index (χ4v) is 1.37. The third-order valence-corrected chi connectivity index (χ3v) is 2.16. The summed E-state index contributed by atoms with van der Waals surface area (Å²) in [5, 5.41) is 16.9. The first-order valence-corrected chi connectivity index (χ1v) is 5.74. The van der Waals surface area contributed by atoms with E-state index in [-0.39, 0.29) is 6.54 Å². The molecule has 0 radical (unpaired) electrons. The van der Waals surface area contributed by atoms with Crippen LogP contribution < -0.4 is 5.36 Å². The summed E-state index contributed by atoms with van der Waals surface area (Å²) in [6, 6.07) is 3.05. The van der Waals surface area contributed by atoms with Crippen LogP contribution in [0.25, 0.3) is 0 Å². The SMILES string of the molecule is N=c1ccn(CC(O)COS(=O)(=O)O)cc1. The molecule has 0 saturated carbocycles. The van der Waals surface area contributed by atoms with Crippen molar-refractivity contribution in [2.45, 2.75) is 12.6 Å². The number of nitrogens with zero attached hydrogens (tertiary/aromatic N) is 1. The van der Waals surface area contributed by atoms with E-state index in [1.54, 1.807) is 17.0 Å². The Bertz CT molecular complexity index is 475. The first kappa shape index (κ1) is 12.8. The summed E-state index contributed by atoms with van der Waals surface area (Å²) in [5.74, 6) is 0. The lowest BCUT2D eigenvalue weighted by Crippen LogP contribution is -2.24. The molecule has 0 aromatic carbocycles. The number of nitrogens with one attached hydrogen (secondary N) is 1. The minimum absolute atomic E-state index is 0.107. The molecule has 0 saturated heterocycles. The van der Waals surface area contributed by atoms with Crippen LogP contribution in [0.3, 0.4) is 0 Å². The Kier molecular flexibility index (Phi) is 4.19. The highest BCUT2D eigenvalue weighted by molar-refractivity contribution is 7.80. The molecule has 3 N–H and O–H groups in total. The molecule has 1 aromatic heterocycles. The molecule has 0 spiro atoms. The van der Waals surface area contributed by atoms with Gasteiger partial charge in [0.05, 0.1) is 24.6 Å². The first-order chi connectivity index (χ1) is 7.37. The van der Waals surface area contributed by atoms with E-state index in [2.05, 4.69) is 4.18 Å². The molecule has 16 heavy (non-hydrogen) atoms. The number of aromatic nitrogens is 1. The molecule has 1 heterocycles. The van der Waals surface area contributed by atoms with E-state index in [1.165, 1.54) is 12.1 Å². The first-order valence-electron chi connectivity index (χ1n) is 4.37. The van der Waals surface area contributed by atoms with Gasteiger partial charge in [-0.3, -0.25) is 4.55 Å². The molecule has 0 amide bonds. The van der Waals surface area contributed by atoms with Crippen LogP contribution in [0.2, 0.25) is 0 Å². The Morgan fingerprint density at radius 1 is 1.44 bits per heavy atom. The molecule has 7 nitrogen and oxygen atoms in total. The van der Waals surface area contributed by atoms with E-state index in [4.69, 9.17) is 9.96 Å². The second kappa shape index (κ2) is 5.21. The van der Waals surface area contributed by atoms with Crippen molar-refractivity contribution in [2.75, 3.05) is 6.61 Å². The second-order valence-corrected chi connectivity index (χ2v) is 4.24. The Morgan fingerprint density at radius 2 is 2.00 bits per heavy atom. The van der Waals surface area contributed by atoms with Gasteiger partial charge in [0.1, 0.15) is 0 Å². The van der Waals surface area contributed by atoms with Crippen LogP contribution in [0.1, 0.15) is 0 Å². The topological polar surface area (TPSA) is 113 Å². The quantitative estimate of drug-likeness (QED) is 0.587. The van der Waals surface area contributed by atoms with Crippen LogP contribution in [0.15, 0.2) is 24.5 Å². The van der Waals surface area contributed by atoms with Crippen LogP contribution in [-0.4, -0.2) is 35.4 Å². The summed E-state index contributed by atoms with van der Waals surface area (Å²) in [5.41, 5.74) is 0. The summed E-state index contributed by atoms with van der Waals surface area (Å²) in [4.78, 5) is 0. The van der Waals surface area contributed by atoms with Gasteiger partial charge < -0.3 is 15.1 Å². The normalized spacial score (nSPS) is 13.6. The fourth-order valence-electron chi connectivity index (χ4n) is 1.04. The summed E-state index contributed by atoms with van der Waals surface area (Å²) in [6.45, 7) is -0.412. The molecule has 1 aromatic rings. The van der Waals surface area contributed by atoms with Gasteiger partial charge >= 0.3 is 10.4 Å². The van der Waals surface area contributed by atoms with E-state index in [1.807, 2.05) is 0 Å². The van der Waals surface area contributed by atoms with E-state index < -0.39 is 23.1 Å². The summed E-state index contributed by atoms with van der Waals surface area (Å²) >= 11 is 0. The van der Waals surface area contributed by atoms with Crippen molar-refractivity contribution in [2.24, 2.45) is 0 Å². The maximum atomic E-state index is 10.2. The molecule has 1 rings (SSSR count). The van der Waals surface area contributed by atoms with Gasteiger partial charge in [0.25, 0.3) is 0 Å². The van der Waals surface area contributed by atoms with E-state index in [0.717, 1.165) is 0 Å². The van der Waals surface area contributed by atoms with Crippen LogP contribution in [0, 0.1) is 5.41 Å². The van der Waals surface area contributed by atoms with E-state index in [9.17, 15) is 13.5 Å². The highest BCUT2D eigenvalue weighted by Crippen LogP contribution is 1.95. The lowest BCUT2D eigenvalue weighted by atomic mass is 10.3. The number of pyridine rings is 1. The average Bonchev–Trinajstić information content (AvgIpc) is 2.18. The van der Waals surface area contributed by atoms with Gasteiger partial charge in [-0.2, -0.15) is 8.42 Å². The van der Waals surface area contributed by atoms with E-state index in [0.29, 0.717) is 5.36 Å². The Hall–Kier alpha value is -1.22. The van der Waals surface area contributed by atoms with Gasteiger partial charge in [0.15, 0.2) is 0 Å². The van der Waals surface area contributed by atoms with Crippen LogP contribution in [-0.2, 0) is 21.1 Å². The lowest BCUT2D eigenvalue weighted by Gasteiger charge is -2.11. The zero-order valence-electron chi connectivity index (χ0n) is 8.28. The fraction of sp³-hybridized carbons (Fsp3) is 0.375. The van der Waals surface area contributed by atoms with Crippen LogP contribution >= 0.6 is 0 Å². The summed E-state index contributed by atoms with van der Waals surface area (Å²) < 4.78 is 34.3. The number of rotatable bonds is 5. The minimum Gasteiger partial charge on any atom is -0.389 e. The largest absolute Gasteiger partial charge is 0.397 e. The molecule has 1 atom stereocenters. The van der Waals surface area contributed by atoms with Gasteiger partial charge in [-0.05, 0) is 12.1 Å². The van der Waals surface area contributed by atoms with Gasteiger partial charge in [-0.15, -0.1) is 0 Å². The molecule has 8 heteroatoms. The highest BCUT2D eigenvalue weighted by Gasteiger charge is 2.10. The highest BCUT2D eigenvalue weighted by atomic mass is 32.3. The summed E-state index contributed by atoms with van der Waals surface area (Å²) in [6.07, 6.45) is 2.07. The van der Waals surface area contributed by atoms with Crippen molar-refractivity contribution < 1.29 is 22.3 Å². The Labute approximate surface area is 92.4 Å². The predicted octanol–water partition coefficient (Wildman–Crippen LogP) is -0.852. The Balaban J connectivity index is 2.48. The maximum Gasteiger partial charge on any atom is 0.397 e. The van der Waals surface area contributed by atoms with Crippen molar-refractivity contribution in [1.29, 1.82) is 5.41 Å². The third-order valence-electron chi connectivity index (χ3n) is 1.72. The molecular weight excluding hydrogens is 236 g/mol. The molecule has 1 unspecified atom stereocenters. The number of hydrogen-bond acceptors (Lipinski definition) is 5. The molecule has 0 bridgehead atoms. The molecule has 0 aliphatic carbocycles. The zero-order valence-corrected chi connectivity index (χ0v) is 9.09. The van der Waals surface area contributed by atoms with Crippen LogP contribution in [0.4, 0.5) is 0 Å². The van der Waals surface area contributed by atoms with Gasteiger partial charge in [0.2, 0.25) is 0 Å². The van der Waals surface area contributed by atoms with Gasteiger partial charge in [-0.25, -0.2) is 4.18 Å². The third kappa shape index (κ3) is 5.03. The smallest absolute Gasteiger partial charge is 0.389 e. The van der Waals surface area contributed by atoms with Crippen molar-refractivity contribution >= 4 is 10.4 Å². The second-order valence-electron chi connectivity index (χ2n) is 3.15. The van der Waals surface area contributed by atoms with Crippen LogP contribution in [0.5, 0.6) is 0 Å². The standard InChI is InChI=1S/C8H12N2O5S/c9-7-1-3-10(4-2-7)5-8(11)6-15-16(12,13)14/h1-4,8-9,11H,5-6H2,(H,12,13,14). The summed E-state index contributed by atoms with van der Waals surface area (Å²) in [7, 11) is -4.52.